The molecule has 0 aliphatic carbocycles. The summed E-state index contributed by atoms with van der Waals surface area (Å²) >= 11 is 0. The third-order valence-corrected chi connectivity index (χ3v) is 4.47. The van der Waals surface area contributed by atoms with Gasteiger partial charge in [-0.2, -0.15) is 0 Å². The quantitative estimate of drug-likeness (QED) is 0.560. The molecule has 0 fully saturated rings. The average molecular weight is 450 g/mol. The van der Waals surface area contributed by atoms with Crippen LogP contribution in [0.1, 0.15) is 56.8 Å². The molecule has 0 aliphatic rings. The largest absolute Gasteiger partial charge is 0.466 e. The minimum atomic E-state index is -0.939. The number of rotatable bonds is 9. The number of benzene rings is 1. The number of nitrogens with zero attached hydrogens (tertiary/aromatic N) is 1. The van der Waals surface area contributed by atoms with Gasteiger partial charge < -0.3 is 25.0 Å². The summed E-state index contributed by atoms with van der Waals surface area (Å²) in [5.74, 6) is -1.32. The zero-order valence-corrected chi connectivity index (χ0v) is 20.0. The highest BCUT2D eigenvalue weighted by atomic mass is 16.6. The van der Waals surface area contributed by atoms with Crippen LogP contribution >= 0.6 is 0 Å². The van der Waals surface area contributed by atoms with Gasteiger partial charge in [-0.1, -0.05) is 23.8 Å². The Bertz CT molecular complexity index is 832. The lowest BCUT2D eigenvalue weighted by Crippen LogP contribution is -2.46. The van der Waals surface area contributed by atoms with E-state index in [9.17, 15) is 19.2 Å². The van der Waals surface area contributed by atoms with Crippen LogP contribution in [0.2, 0.25) is 0 Å². The Morgan fingerprint density at radius 1 is 1.09 bits per heavy atom. The highest BCUT2D eigenvalue weighted by Gasteiger charge is 2.30. The van der Waals surface area contributed by atoms with E-state index in [1.807, 2.05) is 26.0 Å². The Balaban J connectivity index is 2.96. The molecule has 9 heteroatoms. The molecule has 0 aromatic heterocycles. The Hall–Kier alpha value is -3.10. The van der Waals surface area contributed by atoms with Crippen molar-refractivity contribution in [2.24, 2.45) is 0 Å². The summed E-state index contributed by atoms with van der Waals surface area (Å²) in [6.45, 7) is 10.7. The fraction of sp³-hybridized carbons (Fsp3) is 0.565. The van der Waals surface area contributed by atoms with Crippen molar-refractivity contribution in [3.05, 3.63) is 34.9 Å². The van der Waals surface area contributed by atoms with Crippen LogP contribution < -0.4 is 10.6 Å². The van der Waals surface area contributed by atoms with Crippen LogP contribution in [-0.4, -0.2) is 61.1 Å². The molecule has 0 saturated heterocycles. The smallest absolute Gasteiger partial charge is 0.408 e. The maximum absolute atomic E-state index is 13.0. The first kappa shape index (κ1) is 26.9. The van der Waals surface area contributed by atoms with E-state index in [1.54, 1.807) is 33.8 Å². The van der Waals surface area contributed by atoms with E-state index in [-0.39, 0.29) is 26.1 Å². The van der Waals surface area contributed by atoms with E-state index in [2.05, 4.69) is 10.6 Å². The Labute approximate surface area is 189 Å². The summed E-state index contributed by atoms with van der Waals surface area (Å²) in [5, 5.41) is 5.11. The SMILES string of the molecule is CCOC(=O)CCNC(=O)C(c1ccc(C)cc1C)N(C)C(=O)CNC(=O)OC(C)(C)C. The molecule has 3 amide bonds. The minimum Gasteiger partial charge on any atom is -0.466 e. The van der Waals surface area contributed by atoms with Gasteiger partial charge in [-0.3, -0.25) is 14.4 Å². The summed E-state index contributed by atoms with van der Waals surface area (Å²) in [4.78, 5) is 50.5. The summed E-state index contributed by atoms with van der Waals surface area (Å²) in [6, 6.07) is 4.64. The molecule has 1 unspecified atom stereocenters. The summed E-state index contributed by atoms with van der Waals surface area (Å²) < 4.78 is 10.0. The van der Waals surface area contributed by atoms with Gasteiger partial charge in [0, 0.05) is 13.6 Å². The van der Waals surface area contributed by atoms with Gasteiger partial charge in [0.1, 0.15) is 18.2 Å². The maximum Gasteiger partial charge on any atom is 0.408 e. The average Bonchev–Trinajstić information content (AvgIpc) is 2.66. The lowest BCUT2D eigenvalue weighted by molar-refractivity contribution is -0.143. The molecule has 9 nitrogen and oxygen atoms in total. The Kier molecular flexibility index (Phi) is 10.2. The number of hydrogen-bond donors (Lipinski definition) is 2. The van der Waals surface area contributed by atoms with E-state index >= 15 is 0 Å². The van der Waals surface area contributed by atoms with E-state index in [0.29, 0.717) is 5.56 Å². The van der Waals surface area contributed by atoms with E-state index < -0.39 is 35.5 Å². The minimum absolute atomic E-state index is 0.0248. The third kappa shape index (κ3) is 8.95. The fourth-order valence-electron chi connectivity index (χ4n) is 3.01. The van der Waals surface area contributed by atoms with Gasteiger partial charge in [0.2, 0.25) is 11.8 Å². The molecule has 0 radical (unpaired) electrons. The second kappa shape index (κ2) is 12.1. The lowest BCUT2D eigenvalue weighted by atomic mass is 9.97. The standard InChI is InChI=1S/C23H35N3O6/c1-8-31-19(28)11-12-24-21(29)20(17-10-9-15(2)13-16(17)3)26(7)18(27)14-25-22(30)32-23(4,5)6/h9-10,13,20H,8,11-12,14H2,1-7H3,(H,24,29)(H,25,30). The van der Waals surface area contributed by atoms with Crippen molar-refractivity contribution >= 4 is 23.9 Å². The van der Waals surface area contributed by atoms with Crippen molar-refractivity contribution in [1.82, 2.24) is 15.5 Å². The first-order valence-electron chi connectivity index (χ1n) is 10.6. The predicted molar refractivity (Wildman–Crippen MR) is 120 cm³/mol. The maximum atomic E-state index is 13.0. The third-order valence-electron chi connectivity index (χ3n) is 4.47. The van der Waals surface area contributed by atoms with Crippen molar-refractivity contribution in [3.8, 4) is 0 Å². The Morgan fingerprint density at radius 3 is 2.31 bits per heavy atom. The molecular weight excluding hydrogens is 414 g/mol. The highest BCUT2D eigenvalue weighted by Crippen LogP contribution is 2.24. The molecular formula is C23H35N3O6. The van der Waals surface area contributed by atoms with Crippen LogP contribution in [0.25, 0.3) is 0 Å². The number of amides is 3. The predicted octanol–water partition coefficient (Wildman–Crippen LogP) is 2.40. The second-order valence-corrected chi connectivity index (χ2v) is 8.47. The molecule has 1 aromatic rings. The molecule has 0 aliphatic heterocycles. The fourth-order valence-corrected chi connectivity index (χ4v) is 3.01. The van der Waals surface area contributed by atoms with E-state index in [4.69, 9.17) is 9.47 Å². The van der Waals surface area contributed by atoms with Gasteiger partial charge in [-0.25, -0.2) is 4.79 Å². The van der Waals surface area contributed by atoms with Crippen molar-refractivity contribution in [2.75, 3.05) is 26.7 Å². The first-order chi connectivity index (χ1) is 14.9. The van der Waals surface area contributed by atoms with Crippen molar-refractivity contribution in [2.45, 2.75) is 59.6 Å². The van der Waals surface area contributed by atoms with Crippen LogP contribution in [0, 0.1) is 13.8 Å². The van der Waals surface area contributed by atoms with Gasteiger partial charge in [0.05, 0.1) is 13.0 Å². The number of likely N-dealkylation sites (N-methyl/N-ethyl adjacent to an activating group) is 1. The van der Waals surface area contributed by atoms with Gasteiger partial charge in [0.25, 0.3) is 0 Å². The monoisotopic (exact) mass is 449 g/mol. The van der Waals surface area contributed by atoms with Crippen molar-refractivity contribution < 1.29 is 28.7 Å². The van der Waals surface area contributed by atoms with Crippen LogP contribution in [0.15, 0.2) is 18.2 Å². The molecule has 0 bridgehead atoms. The number of esters is 1. The van der Waals surface area contributed by atoms with Gasteiger partial charge in [-0.05, 0) is 52.7 Å². The molecule has 1 rings (SSSR count). The van der Waals surface area contributed by atoms with E-state index in [1.165, 1.54) is 11.9 Å². The van der Waals surface area contributed by atoms with Gasteiger partial charge in [-0.15, -0.1) is 0 Å². The Morgan fingerprint density at radius 2 is 1.75 bits per heavy atom. The topological polar surface area (TPSA) is 114 Å². The molecule has 0 saturated carbocycles. The molecule has 0 spiro atoms. The first-order valence-corrected chi connectivity index (χ1v) is 10.6. The number of carbonyl (C=O) groups is 4. The number of ether oxygens (including phenoxy) is 2. The zero-order chi connectivity index (χ0) is 24.5. The van der Waals surface area contributed by atoms with Gasteiger partial charge in [0.15, 0.2) is 0 Å². The van der Waals surface area contributed by atoms with Crippen LogP contribution in [0.3, 0.4) is 0 Å². The van der Waals surface area contributed by atoms with Crippen molar-refractivity contribution in [3.63, 3.8) is 0 Å². The number of aryl methyl sites for hydroxylation is 2. The zero-order valence-electron chi connectivity index (χ0n) is 20.0. The molecule has 1 atom stereocenters. The number of alkyl carbamates (subject to hydrolysis) is 1. The summed E-state index contributed by atoms with van der Waals surface area (Å²) in [5.41, 5.74) is 1.82. The highest BCUT2D eigenvalue weighted by molar-refractivity contribution is 5.90. The van der Waals surface area contributed by atoms with Crippen molar-refractivity contribution in [1.29, 1.82) is 0 Å². The normalized spacial score (nSPS) is 11.8. The lowest BCUT2D eigenvalue weighted by Gasteiger charge is -2.29. The molecule has 1 aromatic carbocycles. The second-order valence-electron chi connectivity index (χ2n) is 8.47. The number of carbonyl (C=O) groups excluding carboxylic acids is 4. The molecule has 0 heterocycles. The number of nitrogens with one attached hydrogen (secondary N) is 2. The van der Waals surface area contributed by atoms with Crippen LogP contribution in [-0.2, 0) is 23.9 Å². The van der Waals surface area contributed by atoms with Crippen LogP contribution in [0.4, 0.5) is 4.79 Å². The summed E-state index contributed by atoms with van der Waals surface area (Å²) in [7, 11) is 1.49. The van der Waals surface area contributed by atoms with Gasteiger partial charge >= 0.3 is 12.1 Å². The molecule has 2 N–H and O–H groups in total. The number of hydrogen-bond acceptors (Lipinski definition) is 6. The summed E-state index contributed by atoms with van der Waals surface area (Å²) in [6.07, 6.45) is -0.696. The van der Waals surface area contributed by atoms with Crippen LogP contribution in [0.5, 0.6) is 0 Å². The molecule has 32 heavy (non-hydrogen) atoms. The van der Waals surface area contributed by atoms with E-state index in [0.717, 1.165) is 11.1 Å². The molecule has 178 valence electrons.